The summed E-state index contributed by atoms with van der Waals surface area (Å²) in [5.41, 5.74) is 1.85. The highest BCUT2D eigenvalue weighted by Gasteiger charge is 2.71. The average molecular weight is 464 g/mol. The highest BCUT2D eigenvalue weighted by atomic mass is 16.7. The van der Waals surface area contributed by atoms with Crippen molar-refractivity contribution < 1.29 is 19.3 Å². The molecule has 0 aromatic heterocycles. The molecule has 2 fully saturated rings. The lowest BCUT2D eigenvalue weighted by Gasteiger charge is -2.39. The molecule has 2 aromatic carbocycles. The fourth-order valence-corrected chi connectivity index (χ4v) is 5.53. The summed E-state index contributed by atoms with van der Waals surface area (Å²) in [6, 6.07) is 11.3. The predicted molar refractivity (Wildman–Crippen MR) is 129 cm³/mol. The molecule has 0 saturated heterocycles. The molecule has 2 aromatic rings. The number of oxime groups is 1. The van der Waals surface area contributed by atoms with Gasteiger partial charge in [0.15, 0.2) is 0 Å². The second-order valence-electron chi connectivity index (χ2n) is 10.2. The lowest BCUT2D eigenvalue weighted by molar-refractivity contribution is -0.384. The number of hydrogen-bond donors (Lipinski definition) is 1. The van der Waals surface area contributed by atoms with Gasteiger partial charge in [0.1, 0.15) is 0 Å². The molecular formula is C26H29N3O5. The summed E-state index contributed by atoms with van der Waals surface area (Å²) in [6.45, 7) is 10.2. The molecule has 0 heterocycles. The number of anilines is 1. The maximum Gasteiger partial charge on any atom is 0.365 e. The van der Waals surface area contributed by atoms with E-state index < -0.39 is 27.1 Å². The van der Waals surface area contributed by atoms with Gasteiger partial charge >= 0.3 is 5.97 Å². The van der Waals surface area contributed by atoms with E-state index in [4.69, 9.17) is 4.84 Å². The molecular weight excluding hydrogens is 434 g/mol. The van der Waals surface area contributed by atoms with E-state index in [0.29, 0.717) is 18.6 Å². The maximum absolute atomic E-state index is 13.7. The Kier molecular flexibility index (Phi) is 5.58. The van der Waals surface area contributed by atoms with E-state index in [2.05, 4.69) is 31.2 Å². The third-order valence-corrected chi connectivity index (χ3v) is 8.34. The fourth-order valence-electron chi connectivity index (χ4n) is 5.53. The van der Waals surface area contributed by atoms with Crippen molar-refractivity contribution >= 4 is 29.0 Å². The van der Waals surface area contributed by atoms with Crippen LogP contribution in [0.4, 0.5) is 11.4 Å². The quantitative estimate of drug-likeness (QED) is 0.353. The lowest BCUT2D eigenvalue weighted by atomic mass is 9.64. The van der Waals surface area contributed by atoms with Crippen molar-refractivity contribution in [3.63, 3.8) is 0 Å². The third-order valence-electron chi connectivity index (χ3n) is 8.34. The Morgan fingerprint density at radius 3 is 2.53 bits per heavy atom. The van der Waals surface area contributed by atoms with Crippen molar-refractivity contribution in [3.8, 4) is 0 Å². The van der Waals surface area contributed by atoms with Crippen LogP contribution in [0, 0.1) is 40.2 Å². The number of amides is 1. The molecule has 2 aliphatic rings. The van der Waals surface area contributed by atoms with Gasteiger partial charge in [-0.1, -0.05) is 44.1 Å². The molecule has 2 saturated carbocycles. The van der Waals surface area contributed by atoms with Gasteiger partial charge in [-0.25, -0.2) is 4.79 Å². The van der Waals surface area contributed by atoms with Crippen LogP contribution in [0.15, 0.2) is 47.6 Å². The van der Waals surface area contributed by atoms with Crippen LogP contribution in [0.25, 0.3) is 0 Å². The molecule has 1 amide bonds. The molecule has 2 unspecified atom stereocenters. The first-order chi connectivity index (χ1) is 15.9. The topological polar surface area (TPSA) is 111 Å². The van der Waals surface area contributed by atoms with Gasteiger partial charge in [0.25, 0.3) is 5.69 Å². The van der Waals surface area contributed by atoms with Crippen LogP contribution in [-0.4, -0.2) is 22.5 Å². The van der Waals surface area contributed by atoms with E-state index in [1.807, 2.05) is 32.0 Å². The Morgan fingerprint density at radius 1 is 1.09 bits per heavy atom. The van der Waals surface area contributed by atoms with Crippen molar-refractivity contribution in [1.82, 2.24) is 0 Å². The van der Waals surface area contributed by atoms with Crippen LogP contribution < -0.4 is 5.32 Å². The van der Waals surface area contributed by atoms with Gasteiger partial charge in [-0.15, -0.1) is 0 Å². The second-order valence-corrected chi connectivity index (χ2v) is 10.2. The van der Waals surface area contributed by atoms with Gasteiger partial charge < -0.3 is 10.2 Å². The normalized spacial score (nSPS) is 25.9. The number of benzene rings is 2. The highest BCUT2D eigenvalue weighted by molar-refractivity contribution is 6.06. The summed E-state index contributed by atoms with van der Waals surface area (Å²) in [7, 11) is 0. The Hall–Kier alpha value is -3.55. The van der Waals surface area contributed by atoms with E-state index in [9.17, 15) is 19.7 Å². The van der Waals surface area contributed by atoms with Crippen molar-refractivity contribution in [2.24, 2.45) is 21.4 Å². The number of rotatable bonds is 5. The molecule has 0 radical (unpaired) electrons. The molecule has 0 aliphatic heterocycles. The number of aryl methyl sites for hydroxylation is 2. The monoisotopic (exact) mass is 463 g/mol. The summed E-state index contributed by atoms with van der Waals surface area (Å²) in [5.74, 6) is -0.820. The van der Waals surface area contributed by atoms with Crippen molar-refractivity contribution in [3.05, 3.63) is 69.3 Å². The number of nitrogens with one attached hydrogen (secondary N) is 1. The summed E-state index contributed by atoms with van der Waals surface area (Å²) in [5, 5.41) is 18.4. The minimum Gasteiger partial charge on any atom is -0.325 e. The van der Waals surface area contributed by atoms with Gasteiger partial charge in [0.2, 0.25) is 5.91 Å². The largest absolute Gasteiger partial charge is 0.365 e. The molecule has 4 rings (SSSR count). The second kappa shape index (κ2) is 8.04. The Bertz CT molecular complexity index is 1230. The number of nitrogens with zero attached hydrogens (tertiary/aromatic N) is 2. The smallest absolute Gasteiger partial charge is 0.325 e. The lowest BCUT2D eigenvalue weighted by Crippen LogP contribution is -2.43. The summed E-state index contributed by atoms with van der Waals surface area (Å²) in [6.07, 6.45) is 1.84. The Labute approximate surface area is 198 Å². The standard InChI is InChI=1S/C26H29N3O5/c1-16-9-10-17(2)20(13-16)27-23(31)26-12-11-25(5,24(26,3)4)21(15-26)28-34-22(30)18-7-6-8-19(14-18)29(32)33/h6-10,13-14H,11-12,15H2,1-5H3,(H,27,31). The van der Waals surface area contributed by atoms with Gasteiger partial charge in [-0.3, -0.25) is 14.9 Å². The first-order valence-corrected chi connectivity index (χ1v) is 11.3. The molecule has 0 spiro atoms. The summed E-state index contributed by atoms with van der Waals surface area (Å²) < 4.78 is 0. The minimum atomic E-state index is -0.769. The first kappa shape index (κ1) is 23.6. The zero-order valence-corrected chi connectivity index (χ0v) is 20.1. The molecule has 2 aliphatic carbocycles. The van der Waals surface area contributed by atoms with Crippen LogP contribution >= 0.6 is 0 Å². The maximum atomic E-state index is 13.7. The van der Waals surface area contributed by atoms with E-state index in [0.717, 1.165) is 29.3 Å². The number of nitro benzene ring substituents is 1. The van der Waals surface area contributed by atoms with Gasteiger partial charge in [0, 0.05) is 29.7 Å². The Balaban J connectivity index is 1.60. The molecule has 1 N–H and O–H groups in total. The molecule has 8 heteroatoms. The van der Waals surface area contributed by atoms with Crippen LogP contribution in [-0.2, 0) is 9.63 Å². The van der Waals surface area contributed by atoms with Crippen LogP contribution in [0.5, 0.6) is 0 Å². The van der Waals surface area contributed by atoms with E-state index in [1.165, 1.54) is 18.2 Å². The molecule has 2 atom stereocenters. The van der Waals surface area contributed by atoms with Crippen LogP contribution in [0.2, 0.25) is 0 Å². The molecule has 2 bridgehead atoms. The fraction of sp³-hybridized carbons (Fsp3) is 0.423. The third kappa shape index (κ3) is 3.48. The van der Waals surface area contributed by atoms with Gasteiger partial charge in [0.05, 0.1) is 21.6 Å². The summed E-state index contributed by atoms with van der Waals surface area (Å²) in [4.78, 5) is 41.9. The summed E-state index contributed by atoms with van der Waals surface area (Å²) >= 11 is 0. The van der Waals surface area contributed by atoms with Gasteiger partial charge in [-0.05, 0) is 55.4 Å². The Morgan fingerprint density at radius 2 is 1.82 bits per heavy atom. The van der Waals surface area contributed by atoms with Crippen molar-refractivity contribution in [2.75, 3.05) is 5.32 Å². The highest BCUT2D eigenvalue weighted by Crippen LogP contribution is 2.71. The molecule has 34 heavy (non-hydrogen) atoms. The number of carbonyl (C=O) groups is 2. The zero-order valence-electron chi connectivity index (χ0n) is 20.1. The number of carbonyl (C=O) groups excluding carboxylic acids is 2. The van der Waals surface area contributed by atoms with Crippen molar-refractivity contribution in [2.45, 2.75) is 53.9 Å². The van der Waals surface area contributed by atoms with E-state index in [-0.39, 0.29) is 17.2 Å². The van der Waals surface area contributed by atoms with Gasteiger partial charge in [-0.2, -0.15) is 0 Å². The zero-order chi connectivity index (χ0) is 24.9. The predicted octanol–water partition coefficient (Wildman–Crippen LogP) is 5.58. The van der Waals surface area contributed by atoms with E-state index in [1.54, 1.807) is 0 Å². The van der Waals surface area contributed by atoms with Crippen LogP contribution in [0.1, 0.15) is 61.5 Å². The number of fused-ring (bicyclic) bond motifs is 2. The molecule has 178 valence electrons. The number of non-ortho nitro benzene ring substituents is 1. The number of nitro groups is 1. The average Bonchev–Trinajstić information content (AvgIpc) is 3.10. The number of hydrogen-bond acceptors (Lipinski definition) is 6. The molecule has 8 nitrogen and oxygen atoms in total. The van der Waals surface area contributed by atoms with E-state index >= 15 is 0 Å². The van der Waals surface area contributed by atoms with Crippen LogP contribution in [0.3, 0.4) is 0 Å². The SMILES string of the molecule is Cc1ccc(C)c(NC(=O)C23CCC(C)(C(=NOC(=O)c4cccc([N+](=O)[O-])c4)C2)C3(C)C)c1. The van der Waals surface area contributed by atoms with Crippen molar-refractivity contribution in [1.29, 1.82) is 0 Å². The minimum absolute atomic E-state index is 0.0495. The first-order valence-electron chi connectivity index (χ1n) is 11.3.